The molecule has 1 nitrogen and oxygen atoms in total. The lowest BCUT2D eigenvalue weighted by Crippen LogP contribution is -2.10. The van der Waals surface area contributed by atoms with E-state index in [1.165, 1.54) is 0 Å². The minimum atomic E-state index is -3.64. The van der Waals surface area contributed by atoms with E-state index in [1.54, 1.807) is 48.5 Å². The van der Waals surface area contributed by atoms with Crippen LogP contribution in [0.2, 0.25) is 0 Å². The zero-order chi connectivity index (χ0) is 22.3. The van der Waals surface area contributed by atoms with E-state index in [-0.39, 0.29) is 11.8 Å². The molecular weight excluding hydrogens is 417 g/mol. The van der Waals surface area contributed by atoms with Gasteiger partial charge in [0.15, 0.2) is 5.83 Å². The molecule has 5 heteroatoms. The number of alkyl halides is 2. The first-order valence-corrected chi connectivity index (χ1v) is 11.0. The molecule has 0 spiro atoms. The number of halogens is 3. The standard InChI is InChI=1S/C26H25F3OS/c1-3-4-17-30-23-13-11-22(12-14-23)21-9-7-20(8-10-21)18-25(27)26(28,29)31-24-15-5-19(2)6-16-24/h5-16,18H,3-4,17H2,1-2H3. The molecule has 0 aromatic heterocycles. The summed E-state index contributed by atoms with van der Waals surface area (Å²) >= 11 is 0.202. The number of ether oxygens (including phenoxy) is 1. The molecule has 3 aromatic rings. The van der Waals surface area contributed by atoms with Crippen molar-refractivity contribution in [2.45, 2.75) is 36.8 Å². The van der Waals surface area contributed by atoms with Gasteiger partial charge in [-0.2, -0.15) is 8.78 Å². The first kappa shape index (κ1) is 23.0. The van der Waals surface area contributed by atoms with Crippen LogP contribution in [0.5, 0.6) is 5.75 Å². The van der Waals surface area contributed by atoms with Crippen molar-refractivity contribution in [3.8, 4) is 16.9 Å². The van der Waals surface area contributed by atoms with Crippen LogP contribution in [-0.4, -0.2) is 11.9 Å². The second-order valence-corrected chi connectivity index (χ2v) is 8.46. The summed E-state index contributed by atoms with van der Waals surface area (Å²) < 4.78 is 48.5. The summed E-state index contributed by atoms with van der Waals surface area (Å²) in [5.74, 6) is -0.661. The summed E-state index contributed by atoms with van der Waals surface area (Å²) in [6.07, 6.45) is 2.97. The van der Waals surface area contributed by atoms with Crippen LogP contribution < -0.4 is 4.74 Å². The fraction of sp³-hybridized carbons (Fsp3) is 0.231. The summed E-state index contributed by atoms with van der Waals surface area (Å²) in [5.41, 5.74) is 3.23. The quantitative estimate of drug-likeness (QED) is 0.242. The number of rotatable bonds is 9. The summed E-state index contributed by atoms with van der Waals surface area (Å²) in [5, 5.41) is -3.64. The molecule has 0 aliphatic heterocycles. The van der Waals surface area contributed by atoms with Crippen molar-refractivity contribution in [2.75, 3.05) is 6.61 Å². The number of benzene rings is 3. The first-order valence-electron chi connectivity index (χ1n) is 10.2. The predicted molar refractivity (Wildman–Crippen MR) is 123 cm³/mol. The molecule has 0 aliphatic carbocycles. The molecule has 0 N–H and O–H groups in total. The highest BCUT2D eigenvalue weighted by Gasteiger charge is 2.36. The smallest absolute Gasteiger partial charge is 0.349 e. The number of hydrogen-bond donors (Lipinski definition) is 0. The average Bonchev–Trinajstić information content (AvgIpc) is 2.76. The Bertz CT molecular complexity index is 994. The van der Waals surface area contributed by atoms with Gasteiger partial charge in [-0.3, -0.25) is 0 Å². The third kappa shape index (κ3) is 6.66. The van der Waals surface area contributed by atoms with E-state index in [2.05, 4.69) is 6.92 Å². The number of thioether (sulfide) groups is 1. The highest BCUT2D eigenvalue weighted by molar-refractivity contribution is 8.00. The third-order valence-electron chi connectivity index (χ3n) is 4.70. The minimum absolute atomic E-state index is 0.202. The van der Waals surface area contributed by atoms with Crippen molar-refractivity contribution in [1.29, 1.82) is 0 Å². The van der Waals surface area contributed by atoms with Crippen LogP contribution in [0.25, 0.3) is 17.2 Å². The molecule has 0 fully saturated rings. The molecule has 162 valence electrons. The Kier molecular flexibility index (Phi) is 7.85. The third-order valence-corrected chi connectivity index (χ3v) is 5.66. The molecule has 31 heavy (non-hydrogen) atoms. The van der Waals surface area contributed by atoms with E-state index in [1.807, 2.05) is 31.2 Å². The Labute approximate surface area is 186 Å². The molecular formula is C26H25F3OS. The fourth-order valence-electron chi connectivity index (χ4n) is 2.88. The zero-order valence-corrected chi connectivity index (χ0v) is 18.4. The van der Waals surface area contributed by atoms with Crippen LogP contribution in [0, 0.1) is 6.92 Å². The first-order chi connectivity index (χ1) is 14.9. The van der Waals surface area contributed by atoms with Crippen molar-refractivity contribution in [3.63, 3.8) is 0 Å². The number of unbranched alkanes of at least 4 members (excludes halogenated alkanes) is 1. The molecule has 0 bridgehead atoms. The predicted octanol–water partition coefficient (Wildman–Crippen LogP) is 8.54. The maximum absolute atomic E-state index is 14.3. The van der Waals surface area contributed by atoms with Crippen molar-refractivity contribution in [1.82, 2.24) is 0 Å². The van der Waals surface area contributed by atoms with Gasteiger partial charge in [0.25, 0.3) is 0 Å². The summed E-state index contributed by atoms with van der Waals surface area (Å²) in [7, 11) is 0. The molecule has 0 radical (unpaired) electrons. The SMILES string of the molecule is CCCCOc1ccc(-c2ccc(C=C(F)C(F)(F)Sc3ccc(C)cc3)cc2)cc1. The Morgan fingerprint density at radius 1 is 0.903 bits per heavy atom. The van der Waals surface area contributed by atoms with Gasteiger partial charge in [-0.25, -0.2) is 4.39 Å². The lowest BCUT2D eigenvalue weighted by atomic mass is 10.0. The maximum atomic E-state index is 14.3. The molecule has 3 rings (SSSR count). The van der Waals surface area contributed by atoms with Gasteiger partial charge in [0.2, 0.25) is 0 Å². The van der Waals surface area contributed by atoms with Gasteiger partial charge in [-0.1, -0.05) is 67.4 Å². The second kappa shape index (κ2) is 10.6. The molecule has 0 atom stereocenters. The van der Waals surface area contributed by atoms with Gasteiger partial charge in [0.1, 0.15) is 5.75 Å². The molecule has 0 saturated heterocycles. The van der Waals surface area contributed by atoms with Crippen LogP contribution in [0.1, 0.15) is 30.9 Å². The van der Waals surface area contributed by atoms with Crippen molar-refractivity contribution in [2.24, 2.45) is 0 Å². The van der Waals surface area contributed by atoms with Crippen molar-refractivity contribution in [3.05, 3.63) is 89.8 Å². The van der Waals surface area contributed by atoms with Crippen LogP contribution in [-0.2, 0) is 0 Å². The summed E-state index contributed by atoms with van der Waals surface area (Å²) in [6, 6.07) is 21.1. The highest BCUT2D eigenvalue weighted by atomic mass is 32.2. The van der Waals surface area contributed by atoms with Crippen LogP contribution in [0.15, 0.2) is 83.5 Å². The molecule has 0 saturated carbocycles. The van der Waals surface area contributed by atoms with E-state index in [0.717, 1.165) is 41.4 Å². The van der Waals surface area contributed by atoms with Crippen LogP contribution in [0.3, 0.4) is 0 Å². The Balaban J connectivity index is 1.67. The van der Waals surface area contributed by atoms with Gasteiger partial charge in [0.05, 0.1) is 6.61 Å². The molecule has 0 aliphatic rings. The second-order valence-electron chi connectivity index (χ2n) is 7.27. The minimum Gasteiger partial charge on any atom is -0.494 e. The monoisotopic (exact) mass is 442 g/mol. The number of aryl methyl sites for hydroxylation is 1. The Morgan fingerprint density at radius 3 is 2.06 bits per heavy atom. The summed E-state index contributed by atoms with van der Waals surface area (Å²) in [6.45, 7) is 4.67. The van der Waals surface area contributed by atoms with E-state index < -0.39 is 11.1 Å². The summed E-state index contributed by atoms with van der Waals surface area (Å²) in [4.78, 5) is 0.316. The molecule has 0 amide bonds. The van der Waals surface area contributed by atoms with Crippen LogP contribution in [0.4, 0.5) is 13.2 Å². The number of hydrogen-bond acceptors (Lipinski definition) is 2. The van der Waals surface area contributed by atoms with E-state index in [4.69, 9.17) is 4.74 Å². The topological polar surface area (TPSA) is 9.23 Å². The van der Waals surface area contributed by atoms with Gasteiger partial charge >= 0.3 is 5.25 Å². The maximum Gasteiger partial charge on any atom is 0.349 e. The van der Waals surface area contributed by atoms with Gasteiger partial charge in [0, 0.05) is 4.90 Å². The molecule has 0 heterocycles. The zero-order valence-electron chi connectivity index (χ0n) is 17.6. The lowest BCUT2D eigenvalue weighted by molar-refractivity contribution is 0.121. The van der Waals surface area contributed by atoms with E-state index >= 15 is 0 Å². The average molecular weight is 443 g/mol. The fourth-order valence-corrected chi connectivity index (χ4v) is 3.61. The van der Waals surface area contributed by atoms with Crippen molar-refractivity contribution >= 4 is 17.8 Å². The normalized spacial score (nSPS) is 12.1. The molecule has 0 unspecified atom stereocenters. The lowest BCUT2D eigenvalue weighted by Gasteiger charge is -2.14. The Morgan fingerprint density at radius 2 is 1.48 bits per heavy atom. The van der Waals surface area contributed by atoms with E-state index in [9.17, 15) is 13.2 Å². The van der Waals surface area contributed by atoms with E-state index in [0.29, 0.717) is 17.1 Å². The van der Waals surface area contributed by atoms with Gasteiger partial charge in [-0.05, 0) is 72.1 Å². The van der Waals surface area contributed by atoms with Gasteiger partial charge in [-0.15, -0.1) is 0 Å². The Hall–Kier alpha value is -2.66. The highest BCUT2D eigenvalue weighted by Crippen LogP contribution is 2.42. The van der Waals surface area contributed by atoms with Gasteiger partial charge < -0.3 is 4.74 Å². The van der Waals surface area contributed by atoms with Crippen LogP contribution >= 0.6 is 11.8 Å². The molecule has 3 aromatic carbocycles. The largest absolute Gasteiger partial charge is 0.494 e. The van der Waals surface area contributed by atoms with Crippen molar-refractivity contribution < 1.29 is 17.9 Å².